The predicted molar refractivity (Wildman–Crippen MR) is 72.0 cm³/mol. The van der Waals surface area contributed by atoms with Gasteiger partial charge in [0.15, 0.2) is 11.2 Å². The predicted octanol–water partition coefficient (Wildman–Crippen LogP) is -0.670. The van der Waals surface area contributed by atoms with Crippen LogP contribution >= 0.6 is 0 Å². The number of carboxylic acid groups (broad SMARTS) is 1. The molecule has 0 saturated heterocycles. The first kappa shape index (κ1) is 13.8. The van der Waals surface area contributed by atoms with E-state index in [1.54, 1.807) is 0 Å². The summed E-state index contributed by atoms with van der Waals surface area (Å²) >= 11 is 0. The molecule has 0 saturated carbocycles. The summed E-state index contributed by atoms with van der Waals surface area (Å²) in [4.78, 5) is 41.3. The van der Waals surface area contributed by atoms with Crippen LogP contribution < -0.4 is 16.6 Å². The van der Waals surface area contributed by atoms with Gasteiger partial charge in [-0.25, -0.2) is 4.79 Å². The third kappa shape index (κ3) is 2.29. The Labute approximate surface area is 112 Å². The molecule has 0 radical (unpaired) electrons. The van der Waals surface area contributed by atoms with E-state index >= 15 is 0 Å². The van der Waals surface area contributed by atoms with Gasteiger partial charge in [0.25, 0.3) is 5.56 Å². The van der Waals surface area contributed by atoms with Gasteiger partial charge in [-0.15, -0.1) is 0 Å². The van der Waals surface area contributed by atoms with Gasteiger partial charge in [0.2, 0.25) is 5.95 Å². The summed E-state index contributed by atoms with van der Waals surface area (Å²) in [7, 11) is 1.39. The fourth-order valence-corrected chi connectivity index (χ4v) is 1.90. The van der Waals surface area contributed by atoms with Crippen LogP contribution in [0.3, 0.4) is 0 Å². The van der Waals surface area contributed by atoms with Gasteiger partial charge in [-0.1, -0.05) is 6.92 Å². The fourth-order valence-electron chi connectivity index (χ4n) is 1.90. The molecule has 0 amide bonds. The highest BCUT2D eigenvalue weighted by atomic mass is 16.4. The van der Waals surface area contributed by atoms with Crippen LogP contribution in [0.4, 0.5) is 5.95 Å². The van der Waals surface area contributed by atoms with Gasteiger partial charge in [-0.2, -0.15) is 4.98 Å². The molecule has 0 aliphatic heterocycles. The van der Waals surface area contributed by atoms with Crippen molar-refractivity contribution in [3.63, 3.8) is 0 Å². The number of nitrogens with one attached hydrogen (secondary N) is 2. The van der Waals surface area contributed by atoms with Gasteiger partial charge in [0, 0.05) is 13.6 Å². The Kier molecular flexibility index (Phi) is 3.59. The SMILES string of the molecule is CCCn1c(=O)n(C)c(=O)c2[nH]c(NCC(=O)O)nc21. The van der Waals surface area contributed by atoms with Gasteiger partial charge < -0.3 is 15.4 Å². The number of H-pyrrole nitrogens is 1. The number of aliphatic carboxylic acids is 1. The van der Waals surface area contributed by atoms with Crippen LogP contribution in [0.2, 0.25) is 0 Å². The Morgan fingerprint density at radius 3 is 2.75 bits per heavy atom. The summed E-state index contributed by atoms with van der Waals surface area (Å²) in [5.74, 6) is -0.903. The quantitative estimate of drug-likeness (QED) is 0.668. The van der Waals surface area contributed by atoms with E-state index in [0.717, 1.165) is 4.57 Å². The Bertz CT molecular complexity index is 769. The highest BCUT2D eigenvalue weighted by Gasteiger charge is 2.15. The molecule has 0 aliphatic rings. The Balaban J connectivity index is 2.62. The number of hydrogen-bond acceptors (Lipinski definition) is 5. The van der Waals surface area contributed by atoms with Crippen LogP contribution in [0.5, 0.6) is 0 Å². The maximum Gasteiger partial charge on any atom is 0.332 e. The number of carbonyl (C=O) groups is 1. The monoisotopic (exact) mass is 281 g/mol. The van der Waals surface area contributed by atoms with Crippen molar-refractivity contribution in [2.45, 2.75) is 19.9 Å². The van der Waals surface area contributed by atoms with Crippen LogP contribution in [-0.4, -0.2) is 36.7 Å². The number of aryl methyl sites for hydroxylation is 1. The van der Waals surface area contributed by atoms with Crippen molar-refractivity contribution < 1.29 is 9.90 Å². The lowest BCUT2D eigenvalue weighted by molar-refractivity contribution is -0.134. The van der Waals surface area contributed by atoms with E-state index < -0.39 is 17.2 Å². The van der Waals surface area contributed by atoms with Gasteiger partial charge >= 0.3 is 11.7 Å². The molecule has 2 aromatic heterocycles. The molecule has 0 aromatic carbocycles. The van der Waals surface area contributed by atoms with Crippen molar-refractivity contribution in [1.29, 1.82) is 0 Å². The molecule has 2 rings (SSSR count). The van der Waals surface area contributed by atoms with E-state index in [1.165, 1.54) is 11.6 Å². The first-order chi connectivity index (χ1) is 9.45. The minimum atomic E-state index is -1.05. The summed E-state index contributed by atoms with van der Waals surface area (Å²) in [5.41, 5.74) is -0.532. The zero-order chi connectivity index (χ0) is 14.9. The summed E-state index contributed by atoms with van der Waals surface area (Å²) in [5, 5.41) is 11.1. The summed E-state index contributed by atoms with van der Waals surface area (Å²) in [6.45, 7) is 1.99. The van der Waals surface area contributed by atoms with Crippen LogP contribution in [-0.2, 0) is 18.4 Å². The molecule has 2 heterocycles. The van der Waals surface area contributed by atoms with Crippen molar-refractivity contribution in [1.82, 2.24) is 19.1 Å². The van der Waals surface area contributed by atoms with Gasteiger partial charge in [-0.3, -0.25) is 18.7 Å². The van der Waals surface area contributed by atoms with Gasteiger partial charge in [0.1, 0.15) is 6.54 Å². The van der Waals surface area contributed by atoms with E-state index in [0.29, 0.717) is 13.0 Å². The molecular formula is C11H15N5O4. The van der Waals surface area contributed by atoms with E-state index in [2.05, 4.69) is 15.3 Å². The molecule has 0 spiro atoms. The van der Waals surface area contributed by atoms with Crippen molar-refractivity contribution in [2.24, 2.45) is 7.05 Å². The lowest BCUT2D eigenvalue weighted by atomic mass is 10.4. The molecule has 0 unspecified atom stereocenters. The minimum absolute atomic E-state index is 0.148. The number of rotatable bonds is 5. The number of carboxylic acids is 1. The molecule has 9 heteroatoms. The van der Waals surface area contributed by atoms with Crippen LogP contribution in [0.15, 0.2) is 9.59 Å². The molecular weight excluding hydrogens is 266 g/mol. The summed E-state index contributed by atoms with van der Waals surface area (Å²) < 4.78 is 2.39. The second-order valence-corrected chi connectivity index (χ2v) is 4.33. The maximum atomic E-state index is 12.0. The Hall–Kier alpha value is -2.58. The van der Waals surface area contributed by atoms with E-state index in [9.17, 15) is 14.4 Å². The minimum Gasteiger partial charge on any atom is -0.480 e. The molecule has 0 atom stereocenters. The topological polar surface area (TPSA) is 122 Å². The number of nitrogens with zero attached hydrogens (tertiary/aromatic N) is 3. The van der Waals surface area contributed by atoms with Crippen LogP contribution in [0.1, 0.15) is 13.3 Å². The standard InChI is InChI=1S/C11H15N5O4/c1-3-4-16-8-7(9(19)15(2)11(16)20)13-10(14-8)12-5-6(17)18/h3-5H2,1-2H3,(H,17,18)(H2,12,13,14). The molecule has 3 N–H and O–H groups in total. The molecule has 20 heavy (non-hydrogen) atoms. The summed E-state index contributed by atoms with van der Waals surface area (Å²) in [6, 6.07) is 0. The molecule has 108 valence electrons. The number of fused-ring (bicyclic) bond motifs is 1. The average molecular weight is 281 g/mol. The number of hydrogen-bond donors (Lipinski definition) is 3. The fraction of sp³-hybridized carbons (Fsp3) is 0.455. The first-order valence-corrected chi connectivity index (χ1v) is 6.11. The zero-order valence-electron chi connectivity index (χ0n) is 11.1. The smallest absolute Gasteiger partial charge is 0.332 e. The molecule has 0 bridgehead atoms. The number of anilines is 1. The molecule has 0 aliphatic carbocycles. The lowest BCUT2D eigenvalue weighted by Crippen LogP contribution is -2.38. The third-order valence-electron chi connectivity index (χ3n) is 2.83. The second-order valence-electron chi connectivity index (χ2n) is 4.33. The highest BCUT2D eigenvalue weighted by Crippen LogP contribution is 2.09. The lowest BCUT2D eigenvalue weighted by Gasteiger charge is -2.06. The maximum absolute atomic E-state index is 12.0. The van der Waals surface area contributed by atoms with Gasteiger partial charge in [0.05, 0.1) is 0 Å². The Morgan fingerprint density at radius 2 is 2.15 bits per heavy atom. The normalized spacial score (nSPS) is 10.9. The van der Waals surface area contributed by atoms with Crippen molar-refractivity contribution in [3.8, 4) is 0 Å². The highest BCUT2D eigenvalue weighted by molar-refractivity contribution is 5.75. The largest absolute Gasteiger partial charge is 0.480 e. The van der Waals surface area contributed by atoms with Gasteiger partial charge in [-0.05, 0) is 6.42 Å². The molecule has 2 aromatic rings. The second kappa shape index (κ2) is 5.19. The molecule has 0 fully saturated rings. The zero-order valence-corrected chi connectivity index (χ0v) is 11.1. The van der Waals surface area contributed by atoms with Crippen molar-refractivity contribution >= 4 is 23.1 Å². The van der Waals surface area contributed by atoms with E-state index in [-0.39, 0.29) is 23.7 Å². The summed E-state index contributed by atoms with van der Waals surface area (Å²) in [6.07, 6.45) is 0.706. The van der Waals surface area contributed by atoms with E-state index in [1.807, 2.05) is 6.92 Å². The number of imidazole rings is 1. The van der Waals surface area contributed by atoms with Crippen LogP contribution in [0, 0.1) is 0 Å². The number of aromatic nitrogens is 4. The van der Waals surface area contributed by atoms with Crippen molar-refractivity contribution in [2.75, 3.05) is 11.9 Å². The average Bonchev–Trinajstić information content (AvgIpc) is 2.83. The van der Waals surface area contributed by atoms with Crippen LogP contribution in [0.25, 0.3) is 11.2 Å². The molecule has 9 nitrogen and oxygen atoms in total. The Morgan fingerprint density at radius 1 is 1.45 bits per heavy atom. The first-order valence-electron chi connectivity index (χ1n) is 6.11. The van der Waals surface area contributed by atoms with E-state index in [4.69, 9.17) is 5.11 Å². The van der Waals surface area contributed by atoms with Crippen molar-refractivity contribution in [3.05, 3.63) is 20.8 Å². The number of aromatic amines is 1. The third-order valence-corrected chi connectivity index (χ3v) is 2.83.